The maximum atomic E-state index is 12.3. The Morgan fingerprint density at radius 3 is 2.62 bits per heavy atom. The summed E-state index contributed by atoms with van der Waals surface area (Å²) in [5.74, 6) is 0.442. The molecule has 1 unspecified atom stereocenters. The van der Waals surface area contributed by atoms with E-state index in [-0.39, 0.29) is 18.2 Å². The highest BCUT2D eigenvalue weighted by molar-refractivity contribution is 8.01. The summed E-state index contributed by atoms with van der Waals surface area (Å²) in [6.07, 6.45) is 0.0943. The van der Waals surface area contributed by atoms with Gasteiger partial charge in [-0.2, -0.15) is 0 Å². The van der Waals surface area contributed by atoms with Gasteiger partial charge in [0.1, 0.15) is 0 Å². The molecule has 0 aliphatic rings. The van der Waals surface area contributed by atoms with Crippen molar-refractivity contribution >= 4 is 51.6 Å². The fourth-order valence-corrected chi connectivity index (χ4v) is 3.78. The second-order valence-electron chi connectivity index (χ2n) is 4.86. The summed E-state index contributed by atoms with van der Waals surface area (Å²) < 4.78 is 0.809. The SMILES string of the molecule is CCSc1nnc(NC(=O)CC(NC(C)=O)c2ccc(Cl)cc2)s1. The second-order valence-corrected chi connectivity index (χ2v) is 7.79. The van der Waals surface area contributed by atoms with Crippen LogP contribution in [0, 0.1) is 0 Å². The molecule has 2 rings (SSSR count). The van der Waals surface area contributed by atoms with Gasteiger partial charge in [-0.25, -0.2) is 0 Å². The lowest BCUT2D eigenvalue weighted by Gasteiger charge is -2.17. The first-order valence-corrected chi connectivity index (χ1v) is 9.44. The molecule has 128 valence electrons. The van der Waals surface area contributed by atoms with Crippen molar-refractivity contribution in [2.24, 2.45) is 0 Å². The number of rotatable bonds is 7. The van der Waals surface area contributed by atoms with Gasteiger partial charge in [-0.05, 0) is 23.4 Å². The number of carbonyl (C=O) groups excluding carboxylic acids is 2. The molecule has 0 bridgehead atoms. The topological polar surface area (TPSA) is 84.0 Å². The van der Waals surface area contributed by atoms with Gasteiger partial charge < -0.3 is 10.6 Å². The Bertz CT molecular complexity index is 706. The fraction of sp³-hybridized carbons (Fsp3) is 0.333. The van der Waals surface area contributed by atoms with Crippen LogP contribution in [0.25, 0.3) is 0 Å². The minimum absolute atomic E-state index is 0.0943. The van der Waals surface area contributed by atoms with Crippen molar-refractivity contribution in [3.05, 3.63) is 34.9 Å². The third-order valence-corrected chi connectivity index (χ3v) is 5.07. The number of carbonyl (C=O) groups is 2. The summed E-state index contributed by atoms with van der Waals surface area (Å²) in [5, 5.41) is 14.5. The van der Waals surface area contributed by atoms with Crippen LogP contribution < -0.4 is 10.6 Å². The molecule has 1 atom stereocenters. The van der Waals surface area contributed by atoms with E-state index in [1.807, 2.05) is 6.92 Å². The van der Waals surface area contributed by atoms with Gasteiger partial charge in [0.25, 0.3) is 0 Å². The number of nitrogens with zero attached hydrogens (tertiary/aromatic N) is 2. The van der Waals surface area contributed by atoms with Crippen LogP contribution in [0.4, 0.5) is 5.13 Å². The van der Waals surface area contributed by atoms with Crippen molar-refractivity contribution in [1.82, 2.24) is 15.5 Å². The Morgan fingerprint density at radius 2 is 2.00 bits per heavy atom. The molecule has 0 radical (unpaired) electrons. The smallest absolute Gasteiger partial charge is 0.228 e. The lowest BCUT2D eigenvalue weighted by molar-refractivity contribution is -0.120. The molecule has 0 aliphatic heterocycles. The van der Waals surface area contributed by atoms with E-state index in [0.717, 1.165) is 15.7 Å². The van der Waals surface area contributed by atoms with Gasteiger partial charge in [0, 0.05) is 11.9 Å². The molecule has 2 N–H and O–H groups in total. The molecule has 0 saturated heterocycles. The highest BCUT2D eigenvalue weighted by atomic mass is 35.5. The summed E-state index contributed by atoms with van der Waals surface area (Å²) in [7, 11) is 0. The number of nitrogens with one attached hydrogen (secondary N) is 2. The van der Waals surface area contributed by atoms with Crippen molar-refractivity contribution in [3.8, 4) is 0 Å². The molecule has 9 heteroatoms. The molecule has 2 aromatic rings. The summed E-state index contributed by atoms with van der Waals surface area (Å²) in [6, 6.07) is 6.59. The van der Waals surface area contributed by atoms with Crippen molar-refractivity contribution in [1.29, 1.82) is 0 Å². The first-order chi connectivity index (χ1) is 11.5. The zero-order chi connectivity index (χ0) is 17.5. The highest BCUT2D eigenvalue weighted by Gasteiger charge is 2.18. The first kappa shape index (κ1) is 18.7. The highest BCUT2D eigenvalue weighted by Crippen LogP contribution is 2.26. The van der Waals surface area contributed by atoms with E-state index in [0.29, 0.717) is 10.2 Å². The van der Waals surface area contributed by atoms with E-state index in [1.54, 1.807) is 36.0 Å². The number of anilines is 1. The molecule has 0 spiro atoms. The number of thioether (sulfide) groups is 1. The number of hydrogen-bond donors (Lipinski definition) is 2. The van der Waals surface area contributed by atoms with Crippen LogP contribution in [0.5, 0.6) is 0 Å². The van der Waals surface area contributed by atoms with E-state index in [1.165, 1.54) is 18.3 Å². The molecular formula is C15H17ClN4O2S2. The largest absolute Gasteiger partial charge is 0.349 e. The van der Waals surface area contributed by atoms with Crippen molar-refractivity contribution in [3.63, 3.8) is 0 Å². The predicted octanol–water partition coefficient (Wildman–Crippen LogP) is 3.51. The van der Waals surface area contributed by atoms with Gasteiger partial charge >= 0.3 is 0 Å². The third-order valence-electron chi connectivity index (χ3n) is 2.96. The van der Waals surface area contributed by atoms with Gasteiger partial charge in [0.05, 0.1) is 12.5 Å². The van der Waals surface area contributed by atoms with Crippen LogP contribution >= 0.6 is 34.7 Å². The second kappa shape index (κ2) is 9.00. The number of benzene rings is 1. The molecule has 1 aromatic carbocycles. The zero-order valence-electron chi connectivity index (χ0n) is 13.2. The minimum atomic E-state index is -0.433. The average molecular weight is 385 g/mol. The van der Waals surface area contributed by atoms with Gasteiger partial charge in [-0.15, -0.1) is 10.2 Å². The van der Waals surface area contributed by atoms with Crippen molar-refractivity contribution in [2.75, 3.05) is 11.1 Å². The Balaban J connectivity index is 2.03. The Kier molecular flexibility index (Phi) is 7.01. The molecule has 2 amide bonds. The molecule has 6 nitrogen and oxygen atoms in total. The predicted molar refractivity (Wildman–Crippen MR) is 97.6 cm³/mol. The summed E-state index contributed by atoms with van der Waals surface area (Å²) in [6.45, 7) is 3.44. The lowest BCUT2D eigenvalue weighted by atomic mass is 10.0. The number of halogens is 1. The number of amides is 2. The van der Waals surface area contributed by atoms with E-state index >= 15 is 0 Å². The van der Waals surface area contributed by atoms with Gasteiger partial charge in [-0.1, -0.05) is 53.8 Å². The lowest BCUT2D eigenvalue weighted by Crippen LogP contribution is -2.29. The monoisotopic (exact) mass is 384 g/mol. The fourth-order valence-electron chi connectivity index (χ4n) is 1.99. The molecular weight excluding hydrogens is 368 g/mol. The molecule has 1 aromatic heterocycles. The summed E-state index contributed by atoms with van der Waals surface area (Å²) >= 11 is 8.78. The van der Waals surface area contributed by atoms with E-state index in [9.17, 15) is 9.59 Å². The molecule has 0 fully saturated rings. The van der Waals surface area contributed by atoms with Crippen LogP contribution in [-0.2, 0) is 9.59 Å². The normalized spacial score (nSPS) is 11.8. The van der Waals surface area contributed by atoms with Crippen LogP contribution in [0.3, 0.4) is 0 Å². The molecule has 0 aliphatic carbocycles. The maximum Gasteiger partial charge on any atom is 0.228 e. The molecule has 24 heavy (non-hydrogen) atoms. The Morgan fingerprint density at radius 1 is 1.29 bits per heavy atom. The van der Waals surface area contributed by atoms with Crippen LogP contribution in [-0.4, -0.2) is 27.8 Å². The van der Waals surface area contributed by atoms with E-state index < -0.39 is 6.04 Å². The van der Waals surface area contributed by atoms with Gasteiger partial charge in [0.15, 0.2) is 4.34 Å². The Labute approximate surface area is 153 Å². The average Bonchev–Trinajstić information content (AvgIpc) is 2.94. The minimum Gasteiger partial charge on any atom is -0.349 e. The maximum absolute atomic E-state index is 12.3. The molecule has 1 heterocycles. The zero-order valence-corrected chi connectivity index (χ0v) is 15.6. The van der Waals surface area contributed by atoms with Crippen LogP contribution in [0.15, 0.2) is 28.6 Å². The standard InChI is InChI=1S/C15H17ClN4O2S2/c1-3-23-15-20-19-14(24-15)18-13(22)8-12(17-9(2)21)10-4-6-11(16)7-5-10/h4-7,12H,3,8H2,1-2H3,(H,17,21)(H,18,19,22). The van der Waals surface area contributed by atoms with E-state index in [2.05, 4.69) is 20.8 Å². The van der Waals surface area contributed by atoms with Crippen molar-refractivity contribution < 1.29 is 9.59 Å². The van der Waals surface area contributed by atoms with Crippen LogP contribution in [0.1, 0.15) is 31.9 Å². The number of hydrogen-bond acceptors (Lipinski definition) is 6. The van der Waals surface area contributed by atoms with Gasteiger partial charge in [0.2, 0.25) is 16.9 Å². The first-order valence-electron chi connectivity index (χ1n) is 7.26. The quantitative estimate of drug-likeness (QED) is 0.563. The number of aromatic nitrogens is 2. The summed E-state index contributed by atoms with van der Waals surface area (Å²) in [5.41, 5.74) is 0.809. The third kappa shape index (κ3) is 5.77. The summed E-state index contributed by atoms with van der Waals surface area (Å²) in [4.78, 5) is 23.7. The van der Waals surface area contributed by atoms with Crippen molar-refractivity contribution in [2.45, 2.75) is 30.6 Å². The van der Waals surface area contributed by atoms with Gasteiger partial charge in [-0.3, -0.25) is 9.59 Å². The molecule has 0 saturated carbocycles. The Hall–Kier alpha value is -1.64. The van der Waals surface area contributed by atoms with E-state index in [4.69, 9.17) is 11.6 Å². The van der Waals surface area contributed by atoms with Crippen LogP contribution in [0.2, 0.25) is 5.02 Å².